The Labute approximate surface area is 243 Å². The third-order valence-electron chi connectivity index (χ3n) is 6.16. The molecule has 0 fully saturated rings. The highest BCUT2D eigenvalue weighted by Gasteiger charge is 2.36. The predicted octanol–water partition coefficient (Wildman–Crippen LogP) is 5.33. The Morgan fingerprint density at radius 3 is 1.73 bits per heavy atom. The first-order valence-electron chi connectivity index (χ1n) is 11.4. The molecule has 0 saturated heterocycles. The van der Waals surface area contributed by atoms with Gasteiger partial charge in [0.2, 0.25) is 0 Å². The summed E-state index contributed by atoms with van der Waals surface area (Å²) in [4.78, 5) is 25.5. The molecule has 0 bridgehead atoms. The van der Waals surface area contributed by atoms with Crippen molar-refractivity contribution in [3.63, 3.8) is 0 Å². The zero-order chi connectivity index (χ0) is 29.9. The molecule has 11 nitrogen and oxygen atoms in total. The van der Waals surface area contributed by atoms with Gasteiger partial charge in [0.25, 0.3) is 20.2 Å². The number of carbonyl (C=O) groups excluding carboxylic acids is 2. The number of anilines is 5. The monoisotopic (exact) mass is 633 g/mol. The fourth-order valence-electron chi connectivity index (χ4n) is 4.47. The van der Waals surface area contributed by atoms with Crippen LogP contribution >= 0.6 is 23.2 Å². The van der Waals surface area contributed by atoms with Crippen molar-refractivity contribution in [3.8, 4) is 0 Å². The summed E-state index contributed by atoms with van der Waals surface area (Å²) in [6.07, 6.45) is 0. The number of hydrogen-bond acceptors (Lipinski definition) is 9. The summed E-state index contributed by atoms with van der Waals surface area (Å²) in [7, 11) is -9.70. The molecule has 0 unspecified atom stereocenters. The minimum absolute atomic E-state index is 0.000637. The van der Waals surface area contributed by atoms with Crippen molar-refractivity contribution >= 4 is 83.4 Å². The van der Waals surface area contributed by atoms with Gasteiger partial charge in [-0.05, 0) is 42.5 Å². The fraction of sp³-hybridized carbons (Fsp3) is 0. The number of benzene rings is 4. The summed E-state index contributed by atoms with van der Waals surface area (Å²) in [5.74, 6) is -1.38. The molecule has 0 aliphatic heterocycles. The number of ketones is 2. The van der Waals surface area contributed by atoms with Crippen LogP contribution < -0.4 is 16.4 Å². The van der Waals surface area contributed by atoms with Crippen LogP contribution in [0.25, 0.3) is 0 Å². The summed E-state index contributed by atoms with van der Waals surface area (Å²) in [6.45, 7) is 0. The van der Waals surface area contributed by atoms with Crippen LogP contribution in [0.1, 0.15) is 31.8 Å². The van der Waals surface area contributed by atoms with E-state index in [0.717, 1.165) is 12.1 Å². The third kappa shape index (κ3) is 5.38. The van der Waals surface area contributed by atoms with Gasteiger partial charge < -0.3 is 16.4 Å². The van der Waals surface area contributed by atoms with E-state index in [1.165, 1.54) is 48.5 Å². The molecule has 41 heavy (non-hydrogen) atoms. The van der Waals surface area contributed by atoms with Crippen molar-refractivity contribution < 1.29 is 35.5 Å². The molecule has 1 aliphatic carbocycles. The van der Waals surface area contributed by atoms with E-state index in [0.29, 0.717) is 0 Å². The minimum Gasteiger partial charge on any atom is -0.397 e. The molecule has 0 spiro atoms. The highest BCUT2D eigenvalue weighted by molar-refractivity contribution is 7.86. The first kappa shape index (κ1) is 28.5. The normalized spacial score (nSPS) is 13.0. The lowest BCUT2D eigenvalue weighted by Gasteiger charge is -2.24. The number of nitrogens with one attached hydrogen (secondary N) is 2. The van der Waals surface area contributed by atoms with Gasteiger partial charge in [-0.3, -0.25) is 18.7 Å². The summed E-state index contributed by atoms with van der Waals surface area (Å²) in [5, 5.41) is 6.07. The standard InChI is InChI=1S/C26H17Cl2N3O8S2/c27-12-7-13(28)9-15(8-12)31-18-10-14(5-6-20(18)40(34,35)36)30-19-11-21(41(37,38)39)24(29)23-22(19)25(32)16-3-1-2-4-17(16)26(23)33/h1-11,30-31H,29H2,(H,34,35,36)(H,37,38,39). The molecule has 0 aromatic heterocycles. The van der Waals surface area contributed by atoms with Gasteiger partial charge in [0.15, 0.2) is 11.6 Å². The molecular weight excluding hydrogens is 617 g/mol. The first-order valence-corrected chi connectivity index (χ1v) is 15.0. The molecule has 1 aliphatic rings. The van der Waals surface area contributed by atoms with Crippen LogP contribution in [-0.4, -0.2) is 37.5 Å². The Balaban J connectivity index is 1.69. The van der Waals surface area contributed by atoms with Gasteiger partial charge in [0.1, 0.15) is 9.79 Å². The van der Waals surface area contributed by atoms with Gasteiger partial charge in [0, 0.05) is 32.5 Å². The molecule has 4 aromatic rings. The fourth-order valence-corrected chi connectivity index (χ4v) is 6.27. The predicted molar refractivity (Wildman–Crippen MR) is 153 cm³/mol. The Kier molecular flexibility index (Phi) is 7.06. The second kappa shape index (κ2) is 10.1. The molecule has 15 heteroatoms. The maximum absolute atomic E-state index is 13.5. The Bertz CT molecular complexity index is 2010. The number of rotatable bonds is 6. The van der Waals surface area contributed by atoms with Crippen LogP contribution in [0.5, 0.6) is 0 Å². The lowest BCUT2D eigenvalue weighted by Crippen LogP contribution is -2.25. The number of hydrogen-bond donors (Lipinski definition) is 5. The van der Waals surface area contributed by atoms with Crippen molar-refractivity contribution in [3.05, 3.63) is 99.0 Å². The first-order chi connectivity index (χ1) is 19.1. The highest BCUT2D eigenvalue weighted by atomic mass is 35.5. The molecule has 6 N–H and O–H groups in total. The van der Waals surface area contributed by atoms with Gasteiger partial charge in [-0.25, -0.2) is 0 Å². The SMILES string of the molecule is Nc1c(S(=O)(=O)O)cc(Nc2ccc(S(=O)(=O)O)c(Nc3cc(Cl)cc(Cl)c3)c2)c2c1C(=O)c1ccccc1C2=O. The molecule has 0 radical (unpaired) electrons. The topological polar surface area (TPSA) is 193 Å². The van der Waals surface area contributed by atoms with Crippen molar-refractivity contribution in [1.29, 1.82) is 0 Å². The zero-order valence-electron chi connectivity index (χ0n) is 20.3. The summed E-state index contributed by atoms with van der Waals surface area (Å²) in [5.41, 5.74) is 4.74. The molecule has 0 atom stereocenters. The second-order valence-corrected chi connectivity index (χ2v) is 12.5. The number of fused-ring (bicyclic) bond motifs is 2. The number of carbonyl (C=O) groups is 2. The van der Waals surface area contributed by atoms with Gasteiger partial charge in [0.05, 0.1) is 28.2 Å². The Morgan fingerprint density at radius 1 is 0.634 bits per heavy atom. The van der Waals surface area contributed by atoms with Crippen molar-refractivity contribution in [2.45, 2.75) is 9.79 Å². The van der Waals surface area contributed by atoms with Crippen LogP contribution in [0.2, 0.25) is 10.0 Å². The summed E-state index contributed by atoms with van der Waals surface area (Å²) < 4.78 is 68.1. The van der Waals surface area contributed by atoms with E-state index in [4.69, 9.17) is 28.9 Å². The number of nitrogen functional groups attached to an aromatic ring is 1. The van der Waals surface area contributed by atoms with Gasteiger partial charge in [-0.15, -0.1) is 0 Å². The highest BCUT2D eigenvalue weighted by Crippen LogP contribution is 2.41. The van der Waals surface area contributed by atoms with E-state index in [2.05, 4.69) is 10.6 Å². The Hall–Kier alpha value is -3.98. The maximum atomic E-state index is 13.5. The average Bonchev–Trinajstić information content (AvgIpc) is 2.86. The number of nitrogens with two attached hydrogens (primary N) is 1. The zero-order valence-corrected chi connectivity index (χ0v) is 23.5. The average molecular weight is 634 g/mol. The van der Waals surface area contributed by atoms with Gasteiger partial charge in [-0.2, -0.15) is 16.8 Å². The molecule has 210 valence electrons. The van der Waals surface area contributed by atoms with E-state index in [1.807, 2.05) is 0 Å². The summed E-state index contributed by atoms with van der Waals surface area (Å²) >= 11 is 12.1. The van der Waals surface area contributed by atoms with Crippen molar-refractivity contribution in [1.82, 2.24) is 0 Å². The molecule has 0 amide bonds. The quantitative estimate of drug-likeness (QED) is 0.120. The minimum atomic E-state index is -4.96. The van der Waals surface area contributed by atoms with Crippen molar-refractivity contribution in [2.24, 2.45) is 0 Å². The van der Waals surface area contributed by atoms with Crippen LogP contribution in [0.15, 0.2) is 76.5 Å². The second-order valence-electron chi connectivity index (χ2n) is 8.86. The van der Waals surface area contributed by atoms with Gasteiger partial charge in [-0.1, -0.05) is 47.5 Å². The van der Waals surface area contributed by atoms with E-state index in [1.54, 1.807) is 6.07 Å². The smallest absolute Gasteiger partial charge is 0.296 e. The van der Waals surface area contributed by atoms with Crippen molar-refractivity contribution in [2.75, 3.05) is 16.4 Å². The lowest BCUT2D eigenvalue weighted by molar-refractivity contribution is 0.0980. The van der Waals surface area contributed by atoms with E-state index < -0.39 is 52.8 Å². The molecule has 5 rings (SSSR count). The van der Waals surface area contributed by atoms with Crippen LogP contribution in [0, 0.1) is 0 Å². The van der Waals surface area contributed by atoms with Gasteiger partial charge >= 0.3 is 0 Å². The van der Waals surface area contributed by atoms with Crippen LogP contribution in [-0.2, 0) is 20.2 Å². The molecule has 0 saturated carbocycles. The Morgan fingerprint density at radius 2 is 1.17 bits per heavy atom. The van der Waals surface area contributed by atoms with Crippen LogP contribution in [0.3, 0.4) is 0 Å². The van der Waals surface area contributed by atoms with E-state index in [9.17, 15) is 35.5 Å². The molecular formula is C26H17Cl2N3O8S2. The van der Waals surface area contributed by atoms with Crippen LogP contribution in [0.4, 0.5) is 28.4 Å². The largest absolute Gasteiger partial charge is 0.397 e. The van der Waals surface area contributed by atoms with E-state index in [-0.39, 0.29) is 49.5 Å². The lowest BCUT2D eigenvalue weighted by atomic mass is 9.82. The summed E-state index contributed by atoms with van der Waals surface area (Å²) in [6, 6.07) is 14.6. The number of halogens is 2. The van der Waals surface area contributed by atoms with E-state index >= 15 is 0 Å². The maximum Gasteiger partial charge on any atom is 0.296 e. The third-order valence-corrected chi connectivity index (χ3v) is 8.40. The molecule has 0 heterocycles. The molecule has 4 aromatic carbocycles.